The molecule has 4 nitrogen and oxygen atoms in total. The fourth-order valence-electron chi connectivity index (χ4n) is 1.15. The first-order chi connectivity index (χ1) is 8.20. The van der Waals surface area contributed by atoms with Crippen LogP contribution in [0.2, 0.25) is 0 Å². The Morgan fingerprint density at radius 3 is 2.53 bits per heavy atom. The fourth-order valence-corrected chi connectivity index (χ4v) is 1.46. The molecule has 0 atom stereocenters. The van der Waals surface area contributed by atoms with E-state index in [2.05, 4.69) is 35.7 Å². The van der Waals surface area contributed by atoms with Crippen molar-refractivity contribution >= 4 is 17.7 Å². The molecule has 0 aliphatic rings. The highest BCUT2D eigenvalue weighted by molar-refractivity contribution is 7.98. The second kappa shape index (κ2) is 12.0. The molecule has 0 spiro atoms. The van der Waals surface area contributed by atoms with Crippen LogP contribution in [0.15, 0.2) is 4.99 Å². The third kappa shape index (κ3) is 11.8. The molecule has 0 fully saturated rings. The summed E-state index contributed by atoms with van der Waals surface area (Å²) < 4.78 is 5.52. The lowest BCUT2D eigenvalue weighted by molar-refractivity contribution is 0.128. The van der Waals surface area contributed by atoms with Crippen molar-refractivity contribution in [3.63, 3.8) is 0 Å². The molecule has 0 saturated carbocycles. The molecule has 0 aliphatic carbocycles. The summed E-state index contributed by atoms with van der Waals surface area (Å²) in [6.07, 6.45) is 3.22. The van der Waals surface area contributed by atoms with Gasteiger partial charge in [-0.1, -0.05) is 13.8 Å². The Hall–Kier alpha value is -0.420. The van der Waals surface area contributed by atoms with Crippen molar-refractivity contribution in [3.8, 4) is 0 Å². The van der Waals surface area contributed by atoms with Crippen molar-refractivity contribution in [3.05, 3.63) is 0 Å². The van der Waals surface area contributed by atoms with Crippen LogP contribution in [-0.2, 0) is 4.74 Å². The number of hydrogen-bond donors (Lipinski definition) is 2. The summed E-state index contributed by atoms with van der Waals surface area (Å²) >= 11 is 1.82. The van der Waals surface area contributed by atoms with E-state index in [0.717, 1.165) is 44.4 Å². The first-order valence-electron chi connectivity index (χ1n) is 6.22. The van der Waals surface area contributed by atoms with Crippen LogP contribution in [0.1, 0.15) is 20.3 Å². The van der Waals surface area contributed by atoms with Crippen LogP contribution in [0.25, 0.3) is 0 Å². The Balaban J connectivity index is 3.38. The van der Waals surface area contributed by atoms with Gasteiger partial charge in [0.05, 0.1) is 6.61 Å². The predicted octanol–water partition coefficient (Wildman–Crippen LogP) is 1.58. The molecule has 0 unspecified atom stereocenters. The van der Waals surface area contributed by atoms with Crippen molar-refractivity contribution in [2.45, 2.75) is 20.3 Å². The molecule has 17 heavy (non-hydrogen) atoms. The van der Waals surface area contributed by atoms with Gasteiger partial charge in [-0.2, -0.15) is 11.8 Å². The van der Waals surface area contributed by atoms with Crippen molar-refractivity contribution in [1.29, 1.82) is 0 Å². The maximum atomic E-state index is 5.52. The summed E-state index contributed by atoms with van der Waals surface area (Å²) in [4.78, 5) is 4.14. The molecule has 0 rings (SSSR count). The molecule has 0 amide bonds. The maximum Gasteiger partial charge on any atom is 0.191 e. The standard InChI is InChI=1S/C12H27N3OS/c1-11(2)5-8-16-9-6-14-12(13-3)15-7-10-17-4/h11H,5-10H2,1-4H3,(H2,13,14,15). The number of guanidine groups is 1. The Morgan fingerprint density at radius 2 is 1.94 bits per heavy atom. The molecule has 0 radical (unpaired) electrons. The SMILES string of the molecule is CN=C(NCCOCCC(C)C)NCCSC. The minimum Gasteiger partial charge on any atom is -0.380 e. The molecule has 2 N–H and O–H groups in total. The zero-order valence-electron chi connectivity index (χ0n) is 11.6. The van der Waals surface area contributed by atoms with E-state index in [4.69, 9.17) is 4.74 Å². The van der Waals surface area contributed by atoms with Crippen LogP contribution in [-0.4, -0.2) is 51.3 Å². The highest BCUT2D eigenvalue weighted by atomic mass is 32.2. The molecule has 5 heteroatoms. The molecule has 0 aliphatic heterocycles. The topological polar surface area (TPSA) is 45.7 Å². The molecule has 0 heterocycles. The summed E-state index contributed by atoms with van der Waals surface area (Å²) in [5.74, 6) is 2.65. The van der Waals surface area contributed by atoms with Crippen LogP contribution in [0, 0.1) is 5.92 Å². The van der Waals surface area contributed by atoms with E-state index < -0.39 is 0 Å². The van der Waals surface area contributed by atoms with Gasteiger partial charge in [0, 0.05) is 32.5 Å². The fraction of sp³-hybridized carbons (Fsp3) is 0.917. The number of thioether (sulfide) groups is 1. The van der Waals surface area contributed by atoms with E-state index in [1.807, 2.05) is 11.8 Å². The van der Waals surface area contributed by atoms with Gasteiger partial charge in [0.25, 0.3) is 0 Å². The number of nitrogens with one attached hydrogen (secondary N) is 2. The summed E-state index contributed by atoms with van der Waals surface area (Å²) in [6.45, 7) is 7.73. The van der Waals surface area contributed by atoms with Crippen molar-refractivity contribution < 1.29 is 4.74 Å². The zero-order chi connectivity index (χ0) is 12.9. The Morgan fingerprint density at radius 1 is 1.24 bits per heavy atom. The lowest BCUT2D eigenvalue weighted by Gasteiger charge is -2.11. The number of aliphatic imine (C=N–C) groups is 1. The Kier molecular flexibility index (Phi) is 11.8. The number of rotatable bonds is 9. The van der Waals surface area contributed by atoms with Crippen LogP contribution in [0.5, 0.6) is 0 Å². The lowest BCUT2D eigenvalue weighted by Crippen LogP contribution is -2.39. The normalized spacial score (nSPS) is 11.9. The number of ether oxygens (including phenoxy) is 1. The average molecular weight is 261 g/mol. The van der Waals surface area contributed by atoms with Crippen LogP contribution < -0.4 is 10.6 Å². The molecule has 102 valence electrons. The van der Waals surface area contributed by atoms with Crippen LogP contribution >= 0.6 is 11.8 Å². The van der Waals surface area contributed by atoms with E-state index in [1.165, 1.54) is 0 Å². The van der Waals surface area contributed by atoms with Gasteiger partial charge in [-0.05, 0) is 18.6 Å². The predicted molar refractivity (Wildman–Crippen MR) is 78.0 cm³/mol. The number of hydrogen-bond acceptors (Lipinski definition) is 3. The quantitative estimate of drug-likeness (QED) is 0.376. The minimum absolute atomic E-state index is 0.712. The van der Waals surface area contributed by atoms with E-state index in [1.54, 1.807) is 7.05 Å². The van der Waals surface area contributed by atoms with Crippen LogP contribution in [0.4, 0.5) is 0 Å². The largest absolute Gasteiger partial charge is 0.380 e. The Bertz CT molecular complexity index is 198. The molecular weight excluding hydrogens is 234 g/mol. The smallest absolute Gasteiger partial charge is 0.191 e. The molecule has 0 aromatic rings. The van der Waals surface area contributed by atoms with Crippen molar-refractivity contribution in [1.82, 2.24) is 10.6 Å². The summed E-state index contributed by atoms with van der Waals surface area (Å²) in [5, 5.41) is 6.46. The second-order valence-corrected chi connectivity index (χ2v) is 5.20. The minimum atomic E-state index is 0.712. The van der Waals surface area contributed by atoms with Gasteiger partial charge in [-0.3, -0.25) is 4.99 Å². The summed E-state index contributed by atoms with van der Waals surface area (Å²) in [6, 6.07) is 0. The highest BCUT2D eigenvalue weighted by Crippen LogP contribution is 1.98. The van der Waals surface area contributed by atoms with Gasteiger partial charge in [-0.25, -0.2) is 0 Å². The van der Waals surface area contributed by atoms with E-state index in [-0.39, 0.29) is 0 Å². The first-order valence-corrected chi connectivity index (χ1v) is 7.61. The van der Waals surface area contributed by atoms with Gasteiger partial charge in [-0.15, -0.1) is 0 Å². The highest BCUT2D eigenvalue weighted by Gasteiger charge is 1.97. The zero-order valence-corrected chi connectivity index (χ0v) is 12.4. The van der Waals surface area contributed by atoms with E-state index in [9.17, 15) is 0 Å². The van der Waals surface area contributed by atoms with Gasteiger partial charge < -0.3 is 15.4 Å². The summed E-state index contributed by atoms with van der Waals surface area (Å²) in [7, 11) is 1.79. The van der Waals surface area contributed by atoms with E-state index >= 15 is 0 Å². The van der Waals surface area contributed by atoms with Crippen LogP contribution in [0.3, 0.4) is 0 Å². The van der Waals surface area contributed by atoms with Gasteiger partial charge in [0.2, 0.25) is 0 Å². The molecule has 0 aromatic carbocycles. The van der Waals surface area contributed by atoms with Crippen molar-refractivity contribution in [2.75, 3.05) is 45.4 Å². The molecular formula is C12H27N3OS. The second-order valence-electron chi connectivity index (χ2n) is 4.21. The number of nitrogens with zero attached hydrogens (tertiary/aromatic N) is 1. The third-order valence-corrected chi connectivity index (χ3v) is 2.81. The summed E-state index contributed by atoms with van der Waals surface area (Å²) in [5.41, 5.74) is 0. The monoisotopic (exact) mass is 261 g/mol. The lowest BCUT2D eigenvalue weighted by atomic mass is 10.1. The Labute approximate surface area is 110 Å². The first kappa shape index (κ1) is 16.6. The maximum absolute atomic E-state index is 5.52. The van der Waals surface area contributed by atoms with Crippen molar-refractivity contribution in [2.24, 2.45) is 10.9 Å². The van der Waals surface area contributed by atoms with E-state index in [0.29, 0.717) is 5.92 Å². The molecule has 0 bridgehead atoms. The van der Waals surface area contributed by atoms with Gasteiger partial charge in [0.1, 0.15) is 0 Å². The van der Waals surface area contributed by atoms with Gasteiger partial charge >= 0.3 is 0 Å². The molecule has 0 saturated heterocycles. The van der Waals surface area contributed by atoms with Gasteiger partial charge in [0.15, 0.2) is 5.96 Å². The molecule has 0 aromatic heterocycles. The average Bonchev–Trinajstić information content (AvgIpc) is 2.31. The third-order valence-electron chi connectivity index (χ3n) is 2.20.